The molecular formula is C26H27ClFN5O2. The number of phenols is 1. The maximum absolute atomic E-state index is 16.2. The van der Waals surface area contributed by atoms with Gasteiger partial charge in [0.2, 0.25) is 0 Å². The lowest BCUT2D eigenvalue weighted by Crippen LogP contribution is -2.31. The second-order valence-corrected chi connectivity index (χ2v) is 9.22. The highest BCUT2D eigenvalue weighted by Gasteiger charge is 2.24. The van der Waals surface area contributed by atoms with Crippen molar-refractivity contribution in [3.63, 3.8) is 0 Å². The molecule has 0 bridgehead atoms. The summed E-state index contributed by atoms with van der Waals surface area (Å²) >= 11 is 6.65. The van der Waals surface area contributed by atoms with Gasteiger partial charge in [0.05, 0.1) is 5.02 Å². The van der Waals surface area contributed by atoms with Gasteiger partial charge in [0.15, 0.2) is 5.82 Å². The molecule has 0 aliphatic carbocycles. The maximum Gasteiger partial charge on any atom is 0.319 e. The van der Waals surface area contributed by atoms with Crippen LogP contribution in [0.4, 0.5) is 10.2 Å². The van der Waals surface area contributed by atoms with Crippen LogP contribution in [0.1, 0.15) is 12.8 Å². The Labute approximate surface area is 207 Å². The molecule has 0 spiro atoms. The molecule has 0 saturated carbocycles. The molecule has 3 aromatic carbocycles. The van der Waals surface area contributed by atoms with Crippen molar-refractivity contribution in [1.29, 1.82) is 0 Å². The number of hydrogen-bond donors (Lipinski definition) is 3. The Kier molecular flexibility index (Phi) is 6.60. The number of halogens is 2. The predicted octanol–water partition coefficient (Wildman–Crippen LogP) is 4.79. The first kappa shape index (κ1) is 23.5. The van der Waals surface area contributed by atoms with E-state index < -0.39 is 5.82 Å². The third kappa shape index (κ3) is 4.57. The van der Waals surface area contributed by atoms with Crippen LogP contribution >= 0.6 is 11.6 Å². The van der Waals surface area contributed by atoms with Crippen LogP contribution in [0.15, 0.2) is 42.5 Å². The SMILES string of the molecule is CN1CCC[C@H]1COc1nc(NCCN)c2cc(Cl)c(-c3cccc4cc(O)ccc34)c(F)c2n1. The molecule has 4 aromatic rings. The summed E-state index contributed by atoms with van der Waals surface area (Å²) in [5.41, 5.74) is 6.64. The molecule has 7 nitrogen and oxygen atoms in total. The standard InChI is InChI=1S/C26H27ClFN5O2/c1-33-11-3-5-16(33)14-35-26-31-24-20(25(32-26)30-10-9-29)13-21(27)22(23(24)28)19-6-2-4-15-12-17(34)7-8-18(15)19/h2,4,6-8,12-13,16,34H,3,5,9-11,14,29H2,1H3,(H,30,31,32)/t16-/m0/s1. The van der Waals surface area contributed by atoms with Crippen molar-refractivity contribution in [2.24, 2.45) is 5.73 Å². The van der Waals surface area contributed by atoms with Crippen molar-refractivity contribution in [3.05, 3.63) is 53.3 Å². The van der Waals surface area contributed by atoms with Gasteiger partial charge in [0.1, 0.15) is 23.7 Å². The number of phenolic OH excluding ortho intramolecular Hbond substituents is 1. The lowest BCUT2D eigenvalue weighted by Gasteiger charge is -2.20. The Morgan fingerprint density at radius 3 is 2.86 bits per heavy atom. The summed E-state index contributed by atoms with van der Waals surface area (Å²) < 4.78 is 22.1. The third-order valence-corrected chi connectivity index (χ3v) is 6.81. The number of aromatic nitrogens is 2. The minimum Gasteiger partial charge on any atom is -0.508 e. The van der Waals surface area contributed by atoms with Crippen LogP contribution in [-0.4, -0.2) is 59.3 Å². The number of ether oxygens (including phenoxy) is 1. The van der Waals surface area contributed by atoms with Crippen LogP contribution in [0.2, 0.25) is 5.02 Å². The number of aromatic hydroxyl groups is 1. The lowest BCUT2D eigenvalue weighted by atomic mass is 9.96. The summed E-state index contributed by atoms with van der Waals surface area (Å²) in [6.07, 6.45) is 2.15. The van der Waals surface area contributed by atoms with Gasteiger partial charge in [-0.3, -0.25) is 0 Å². The number of hydrogen-bond acceptors (Lipinski definition) is 7. The third-order valence-electron chi connectivity index (χ3n) is 6.51. The number of likely N-dealkylation sites (N-methyl/N-ethyl adjacent to an activating group) is 1. The molecule has 0 amide bonds. The molecule has 0 unspecified atom stereocenters. The molecule has 5 rings (SSSR count). The van der Waals surface area contributed by atoms with Gasteiger partial charge in [-0.15, -0.1) is 0 Å². The molecule has 4 N–H and O–H groups in total. The fraction of sp³-hybridized carbons (Fsp3) is 0.308. The number of anilines is 1. The van der Waals surface area contributed by atoms with Crippen molar-refractivity contribution in [2.45, 2.75) is 18.9 Å². The van der Waals surface area contributed by atoms with E-state index in [0.29, 0.717) is 36.5 Å². The van der Waals surface area contributed by atoms with Gasteiger partial charge >= 0.3 is 6.01 Å². The summed E-state index contributed by atoms with van der Waals surface area (Å²) in [7, 11) is 2.06. The van der Waals surface area contributed by atoms with E-state index in [-0.39, 0.29) is 33.9 Å². The molecule has 1 aliphatic heterocycles. The van der Waals surface area contributed by atoms with Gasteiger partial charge in [-0.2, -0.15) is 9.97 Å². The fourth-order valence-corrected chi connectivity index (χ4v) is 4.96. The van der Waals surface area contributed by atoms with Crippen LogP contribution in [0.3, 0.4) is 0 Å². The van der Waals surface area contributed by atoms with E-state index in [2.05, 4.69) is 27.2 Å². The average Bonchev–Trinajstić information content (AvgIpc) is 3.26. The van der Waals surface area contributed by atoms with Crippen LogP contribution in [0, 0.1) is 5.82 Å². The largest absolute Gasteiger partial charge is 0.508 e. The van der Waals surface area contributed by atoms with Crippen molar-refractivity contribution >= 4 is 39.1 Å². The average molecular weight is 496 g/mol. The van der Waals surface area contributed by atoms with E-state index in [4.69, 9.17) is 22.1 Å². The Balaban J connectivity index is 1.64. The van der Waals surface area contributed by atoms with Crippen molar-refractivity contribution in [1.82, 2.24) is 14.9 Å². The monoisotopic (exact) mass is 495 g/mol. The number of rotatable bonds is 7. The molecule has 0 radical (unpaired) electrons. The van der Waals surface area contributed by atoms with Crippen molar-refractivity contribution in [2.75, 3.05) is 38.6 Å². The van der Waals surface area contributed by atoms with Gasteiger partial charge in [0.25, 0.3) is 0 Å². The Bertz CT molecular complexity index is 1400. The van der Waals surface area contributed by atoms with E-state index in [0.717, 1.165) is 30.2 Å². The molecule has 1 saturated heterocycles. The van der Waals surface area contributed by atoms with Crippen LogP contribution in [-0.2, 0) is 0 Å². The second-order valence-electron chi connectivity index (χ2n) is 8.81. The maximum atomic E-state index is 16.2. The minimum absolute atomic E-state index is 0.104. The van der Waals surface area contributed by atoms with Crippen molar-refractivity contribution in [3.8, 4) is 22.9 Å². The summed E-state index contributed by atoms with van der Waals surface area (Å²) in [6, 6.07) is 12.5. The zero-order valence-electron chi connectivity index (χ0n) is 19.4. The summed E-state index contributed by atoms with van der Waals surface area (Å²) in [6.45, 7) is 2.28. The van der Waals surface area contributed by atoms with E-state index in [1.807, 2.05) is 6.07 Å². The zero-order chi connectivity index (χ0) is 24.5. The lowest BCUT2D eigenvalue weighted by molar-refractivity contribution is 0.188. The molecule has 1 aromatic heterocycles. The number of fused-ring (bicyclic) bond motifs is 2. The van der Waals surface area contributed by atoms with Gasteiger partial charge in [-0.1, -0.05) is 35.9 Å². The molecule has 9 heteroatoms. The second kappa shape index (κ2) is 9.81. The topological polar surface area (TPSA) is 96.5 Å². The van der Waals surface area contributed by atoms with Gasteiger partial charge in [-0.05, 0) is 61.0 Å². The van der Waals surface area contributed by atoms with E-state index in [1.54, 1.807) is 36.4 Å². The minimum atomic E-state index is -0.561. The van der Waals surface area contributed by atoms with E-state index >= 15 is 4.39 Å². The molecule has 182 valence electrons. The van der Waals surface area contributed by atoms with Crippen molar-refractivity contribution < 1.29 is 14.2 Å². The molecule has 1 atom stereocenters. The first-order valence-corrected chi connectivity index (χ1v) is 12.0. The Morgan fingerprint density at radius 1 is 1.23 bits per heavy atom. The molecule has 35 heavy (non-hydrogen) atoms. The highest BCUT2D eigenvalue weighted by molar-refractivity contribution is 6.35. The van der Waals surface area contributed by atoms with Crippen LogP contribution < -0.4 is 15.8 Å². The van der Waals surface area contributed by atoms with Crippen LogP contribution in [0.5, 0.6) is 11.8 Å². The highest BCUT2D eigenvalue weighted by Crippen LogP contribution is 2.40. The smallest absolute Gasteiger partial charge is 0.319 e. The number of benzene rings is 3. The number of likely N-dealkylation sites (tertiary alicyclic amines) is 1. The van der Waals surface area contributed by atoms with E-state index in [1.165, 1.54) is 0 Å². The Morgan fingerprint density at radius 2 is 2.09 bits per heavy atom. The first-order chi connectivity index (χ1) is 17.0. The Hall–Kier alpha value is -3.20. The molecular weight excluding hydrogens is 469 g/mol. The van der Waals surface area contributed by atoms with Crippen LogP contribution in [0.25, 0.3) is 32.8 Å². The quantitative estimate of drug-likeness (QED) is 0.339. The summed E-state index contributed by atoms with van der Waals surface area (Å²) in [5.74, 6) is -0.00249. The number of nitrogens with two attached hydrogens (primary N) is 1. The highest BCUT2D eigenvalue weighted by atomic mass is 35.5. The predicted molar refractivity (Wildman–Crippen MR) is 138 cm³/mol. The van der Waals surface area contributed by atoms with Gasteiger partial charge in [0, 0.05) is 30.1 Å². The number of nitrogens with zero attached hydrogens (tertiary/aromatic N) is 3. The van der Waals surface area contributed by atoms with Gasteiger partial charge < -0.3 is 25.8 Å². The first-order valence-electron chi connectivity index (χ1n) is 11.6. The normalized spacial score (nSPS) is 16.3. The van der Waals surface area contributed by atoms with Gasteiger partial charge in [-0.25, -0.2) is 4.39 Å². The molecule has 2 heterocycles. The number of nitrogens with one attached hydrogen (secondary N) is 1. The van der Waals surface area contributed by atoms with E-state index in [9.17, 15) is 5.11 Å². The molecule has 1 fully saturated rings. The summed E-state index contributed by atoms with van der Waals surface area (Å²) in [5, 5.41) is 15.2. The molecule has 1 aliphatic rings. The summed E-state index contributed by atoms with van der Waals surface area (Å²) in [4.78, 5) is 11.2. The fourth-order valence-electron chi connectivity index (χ4n) is 4.66. The zero-order valence-corrected chi connectivity index (χ0v) is 20.1.